The van der Waals surface area contributed by atoms with E-state index in [0.29, 0.717) is 13.1 Å². The quantitative estimate of drug-likeness (QED) is 0.767. The van der Waals surface area contributed by atoms with Crippen molar-refractivity contribution in [3.63, 3.8) is 0 Å². The summed E-state index contributed by atoms with van der Waals surface area (Å²) in [6.07, 6.45) is 7.87. The number of carbonyl (C=O) groups is 1. The summed E-state index contributed by atoms with van der Waals surface area (Å²) in [7, 11) is 0. The van der Waals surface area contributed by atoms with Crippen molar-refractivity contribution in [1.82, 2.24) is 14.9 Å². The number of amides is 1. The standard InChI is InChI=1S/C22H27N5O/c1-18-6-2-3-7-19(18)8-9-21(28)26-16-14-25(15-17-26)20-10-11-23-22(24-20)27-12-4-5-13-27/h2-3,6-11H,4-5,12-17H2,1H3/b9-8+. The van der Waals surface area contributed by atoms with Gasteiger partial charge >= 0.3 is 0 Å². The molecule has 0 bridgehead atoms. The smallest absolute Gasteiger partial charge is 0.246 e. The molecule has 1 amide bonds. The summed E-state index contributed by atoms with van der Waals surface area (Å²) in [6.45, 7) is 7.14. The van der Waals surface area contributed by atoms with E-state index in [9.17, 15) is 4.79 Å². The molecule has 2 aromatic rings. The third-order valence-electron chi connectivity index (χ3n) is 5.53. The van der Waals surface area contributed by atoms with E-state index in [2.05, 4.69) is 27.8 Å². The number of carbonyl (C=O) groups excluding carboxylic acids is 1. The highest BCUT2D eigenvalue weighted by Gasteiger charge is 2.22. The zero-order valence-electron chi connectivity index (χ0n) is 16.4. The molecule has 28 heavy (non-hydrogen) atoms. The summed E-state index contributed by atoms with van der Waals surface area (Å²) in [6, 6.07) is 10.1. The minimum atomic E-state index is 0.0725. The molecule has 3 heterocycles. The van der Waals surface area contributed by atoms with Crippen LogP contribution in [0.3, 0.4) is 0 Å². The third-order valence-corrected chi connectivity index (χ3v) is 5.53. The van der Waals surface area contributed by atoms with E-state index in [1.54, 1.807) is 6.08 Å². The number of rotatable bonds is 4. The molecule has 1 aromatic heterocycles. The maximum atomic E-state index is 12.5. The Hall–Kier alpha value is -2.89. The first-order chi connectivity index (χ1) is 13.7. The van der Waals surface area contributed by atoms with E-state index in [4.69, 9.17) is 4.98 Å². The van der Waals surface area contributed by atoms with Gasteiger partial charge in [-0.25, -0.2) is 4.98 Å². The summed E-state index contributed by atoms with van der Waals surface area (Å²) in [5.74, 6) is 1.86. The number of hydrogen-bond donors (Lipinski definition) is 0. The number of aryl methyl sites for hydroxylation is 1. The first-order valence-corrected chi connectivity index (χ1v) is 10.1. The van der Waals surface area contributed by atoms with Crippen LogP contribution >= 0.6 is 0 Å². The fraction of sp³-hybridized carbons (Fsp3) is 0.409. The molecule has 0 spiro atoms. The lowest BCUT2D eigenvalue weighted by molar-refractivity contribution is -0.126. The number of hydrogen-bond acceptors (Lipinski definition) is 5. The minimum absolute atomic E-state index is 0.0725. The van der Waals surface area contributed by atoms with Crippen LogP contribution in [0.15, 0.2) is 42.6 Å². The molecule has 6 heteroatoms. The van der Waals surface area contributed by atoms with Gasteiger partial charge in [-0.1, -0.05) is 24.3 Å². The number of anilines is 2. The van der Waals surface area contributed by atoms with Gasteiger partial charge in [-0.3, -0.25) is 4.79 Å². The van der Waals surface area contributed by atoms with E-state index >= 15 is 0 Å². The molecule has 2 aliphatic rings. The predicted octanol–water partition coefficient (Wildman–Crippen LogP) is 2.75. The lowest BCUT2D eigenvalue weighted by Crippen LogP contribution is -2.48. The van der Waals surface area contributed by atoms with E-state index in [-0.39, 0.29) is 5.91 Å². The molecule has 0 aliphatic carbocycles. The predicted molar refractivity (Wildman–Crippen MR) is 112 cm³/mol. The molecule has 2 fully saturated rings. The summed E-state index contributed by atoms with van der Waals surface area (Å²) in [5, 5.41) is 0. The van der Waals surface area contributed by atoms with Crippen LogP contribution in [0.2, 0.25) is 0 Å². The second-order valence-corrected chi connectivity index (χ2v) is 7.41. The van der Waals surface area contributed by atoms with Gasteiger partial charge in [0.15, 0.2) is 0 Å². The molecule has 1 aromatic carbocycles. The zero-order chi connectivity index (χ0) is 19.3. The lowest BCUT2D eigenvalue weighted by Gasteiger charge is -2.35. The van der Waals surface area contributed by atoms with Gasteiger partial charge in [0, 0.05) is 51.5 Å². The first kappa shape index (κ1) is 18.5. The molecule has 0 radical (unpaired) electrons. The number of aromatic nitrogens is 2. The van der Waals surface area contributed by atoms with E-state index in [0.717, 1.165) is 43.5 Å². The summed E-state index contributed by atoms with van der Waals surface area (Å²) in [4.78, 5) is 28.1. The van der Waals surface area contributed by atoms with Crippen molar-refractivity contribution in [1.29, 1.82) is 0 Å². The Bertz CT molecular complexity index is 852. The van der Waals surface area contributed by atoms with Gasteiger partial charge in [-0.05, 0) is 43.0 Å². The Morgan fingerprint density at radius 2 is 1.71 bits per heavy atom. The summed E-state index contributed by atoms with van der Waals surface area (Å²) < 4.78 is 0. The van der Waals surface area contributed by atoms with Gasteiger partial charge < -0.3 is 14.7 Å². The Morgan fingerprint density at radius 3 is 2.46 bits per heavy atom. The van der Waals surface area contributed by atoms with Gasteiger partial charge in [-0.15, -0.1) is 0 Å². The van der Waals surface area contributed by atoms with Crippen molar-refractivity contribution in [2.45, 2.75) is 19.8 Å². The molecule has 6 nitrogen and oxygen atoms in total. The van der Waals surface area contributed by atoms with Crippen molar-refractivity contribution in [3.05, 3.63) is 53.7 Å². The molecule has 0 N–H and O–H groups in total. The van der Waals surface area contributed by atoms with Crippen molar-refractivity contribution in [3.8, 4) is 0 Å². The van der Waals surface area contributed by atoms with Crippen LogP contribution < -0.4 is 9.80 Å². The Labute approximate surface area is 166 Å². The highest BCUT2D eigenvalue weighted by atomic mass is 16.2. The highest BCUT2D eigenvalue weighted by Crippen LogP contribution is 2.20. The van der Waals surface area contributed by atoms with E-state index < -0.39 is 0 Å². The largest absolute Gasteiger partial charge is 0.353 e. The molecular weight excluding hydrogens is 350 g/mol. The molecule has 2 saturated heterocycles. The fourth-order valence-corrected chi connectivity index (χ4v) is 3.78. The van der Waals surface area contributed by atoms with Crippen molar-refractivity contribution >= 4 is 23.7 Å². The molecule has 4 rings (SSSR count). The number of nitrogens with zero attached hydrogens (tertiary/aromatic N) is 5. The van der Waals surface area contributed by atoms with Crippen LogP contribution in [-0.2, 0) is 4.79 Å². The van der Waals surface area contributed by atoms with E-state index in [1.165, 1.54) is 18.4 Å². The van der Waals surface area contributed by atoms with Crippen LogP contribution in [0.1, 0.15) is 24.0 Å². The van der Waals surface area contributed by atoms with Crippen LogP contribution in [0, 0.1) is 6.92 Å². The first-order valence-electron chi connectivity index (χ1n) is 10.1. The van der Waals surface area contributed by atoms with Crippen LogP contribution in [0.4, 0.5) is 11.8 Å². The summed E-state index contributed by atoms with van der Waals surface area (Å²) >= 11 is 0. The molecule has 0 saturated carbocycles. The molecule has 146 valence electrons. The zero-order valence-corrected chi connectivity index (χ0v) is 16.4. The second kappa shape index (κ2) is 8.42. The average molecular weight is 377 g/mol. The highest BCUT2D eigenvalue weighted by molar-refractivity contribution is 5.92. The SMILES string of the molecule is Cc1ccccc1/C=C/C(=O)N1CCN(c2ccnc(N3CCCC3)n2)CC1. The Morgan fingerprint density at radius 1 is 0.964 bits per heavy atom. The minimum Gasteiger partial charge on any atom is -0.353 e. The van der Waals surface area contributed by atoms with Crippen molar-refractivity contribution in [2.75, 3.05) is 49.1 Å². The van der Waals surface area contributed by atoms with Gasteiger partial charge in [0.25, 0.3) is 0 Å². The lowest BCUT2D eigenvalue weighted by atomic mass is 10.1. The molecule has 2 aliphatic heterocycles. The second-order valence-electron chi connectivity index (χ2n) is 7.41. The maximum absolute atomic E-state index is 12.5. The normalized spacial score (nSPS) is 17.5. The average Bonchev–Trinajstić information content (AvgIpc) is 3.28. The van der Waals surface area contributed by atoms with E-state index in [1.807, 2.05) is 41.4 Å². The molecular formula is C22H27N5O. The number of benzene rings is 1. The van der Waals surface area contributed by atoms with Gasteiger partial charge in [-0.2, -0.15) is 4.98 Å². The molecule has 0 atom stereocenters. The monoisotopic (exact) mass is 377 g/mol. The third kappa shape index (κ3) is 4.16. The van der Waals surface area contributed by atoms with Crippen LogP contribution in [0.5, 0.6) is 0 Å². The van der Waals surface area contributed by atoms with Gasteiger partial charge in [0.05, 0.1) is 0 Å². The van der Waals surface area contributed by atoms with Gasteiger partial charge in [0.2, 0.25) is 11.9 Å². The van der Waals surface area contributed by atoms with Crippen molar-refractivity contribution in [2.24, 2.45) is 0 Å². The van der Waals surface area contributed by atoms with Crippen LogP contribution in [0.25, 0.3) is 6.08 Å². The summed E-state index contributed by atoms with van der Waals surface area (Å²) in [5.41, 5.74) is 2.26. The molecule has 0 unspecified atom stereocenters. The van der Waals surface area contributed by atoms with Gasteiger partial charge in [0.1, 0.15) is 5.82 Å². The fourth-order valence-electron chi connectivity index (χ4n) is 3.78. The van der Waals surface area contributed by atoms with Crippen molar-refractivity contribution < 1.29 is 4.79 Å². The Balaban J connectivity index is 1.35. The Kier molecular flexibility index (Phi) is 5.55. The topological polar surface area (TPSA) is 52.6 Å². The number of piperazine rings is 1. The van der Waals surface area contributed by atoms with Crippen LogP contribution in [-0.4, -0.2) is 60.0 Å². The maximum Gasteiger partial charge on any atom is 0.246 e.